The number of hydrazine groups is 1. The van der Waals surface area contributed by atoms with E-state index in [1.165, 1.54) is 30.3 Å². The number of nitrogens with zero attached hydrogens (tertiary/aromatic N) is 1. The second-order valence-corrected chi connectivity index (χ2v) is 9.33. The lowest BCUT2D eigenvalue weighted by molar-refractivity contribution is 0.0844. The summed E-state index contributed by atoms with van der Waals surface area (Å²) in [5.74, 6) is -1.34. The van der Waals surface area contributed by atoms with Crippen LogP contribution >= 0.6 is 11.3 Å². The summed E-state index contributed by atoms with van der Waals surface area (Å²) >= 11 is 1.09. The maximum absolute atomic E-state index is 12.4. The molecule has 10 nitrogen and oxygen atoms in total. The molecular weight excluding hydrogens is 454 g/mol. The highest BCUT2D eigenvalue weighted by atomic mass is 32.2. The Morgan fingerprint density at radius 2 is 1.56 bits per heavy atom. The van der Waals surface area contributed by atoms with Crippen molar-refractivity contribution in [3.8, 4) is 0 Å². The van der Waals surface area contributed by atoms with Gasteiger partial charge in [0.1, 0.15) is 4.21 Å². The number of hydrogen-bond acceptors (Lipinski definition) is 7. The highest BCUT2D eigenvalue weighted by molar-refractivity contribution is 7.94. The van der Waals surface area contributed by atoms with Crippen LogP contribution in [0.1, 0.15) is 20.8 Å². The summed E-state index contributed by atoms with van der Waals surface area (Å²) in [6.07, 6.45) is 0. The van der Waals surface area contributed by atoms with Crippen LogP contribution in [-0.2, 0) is 10.0 Å². The first kappa shape index (κ1) is 21.2. The molecule has 0 aliphatic heterocycles. The van der Waals surface area contributed by atoms with Crippen LogP contribution in [0.5, 0.6) is 0 Å². The van der Waals surface area contributed by atoms with Gasteiger partial charge >= 0.3 is 0 Å². The van der Waals surface area contributed by atoms with Gasteiger partial charge in [0.2, 0.25) is 0 Å². The Bertz CT molecular complexity index is 1460. The number of anilines is 1. The molecule has 0 saturated heterocycles. The molecule has 2 aromatic carbocycles. The normalized spacial score (nSPS) is 11.1. The number of hydrogen-bond donors (Lipinski definition) is 4. The zero-order chi connectivity index (χ0) is 22.7. The van der Waals surface area contributed by atoms with Crippen LogP contribution in [-0.4, -0.2) is 30.4 Å². The quantitative estimate of drug-likeness (QED) is 0.328. The van der Waals surface area contributed by atoms with E-state index < -0.39 is 27.4 Å². The molecule has 4 aromatic rings. The monoisotopic (exact) mass is 469 g/mol. The van der Waals surface area contributed by atoms with Gasteiger partial charge in [0, 0.05) is 16.6 Å². The van der Waals surface area contributed by atoms with Gasteiger partial charge in [0.25, 0.3) is 27.4 Å². The van der Waals surface area contributed by atoms with Crippen LogP contribution in [0.4, 0.5) is 5.69 Å². The van der Waals surface area contributed by atoms with Crippen LogP contribution in [0, 0.1) is 0 Å². The molecule has 0 atom stereocenters. The van der Waals surface area contributed by atoms with Gasteiger partial charge in [-0.1, -0.05) is 24.3 Å². The van der Waals surface area contributed by atoms with E-state index in [1.54, 1.807) is 35.7 Å². The molecule has 0 radical (unpaired) electrons. The molecule has 0 bridgehead atoms. The Hall–Kier alpha value is -4.03. The smallest absolute Gasteiger partial charge is 0.279 e. The molecule has 0 fully saturated rings. The van der Waals surface area contributed by atoms with Crippen LogP contribution in [0.15, 0.2) is 75.0 Å². The third-order valence-corrected chi connectivity index (χ3v) is 7.14. The number of H-pyrrole nitrogens is 1. The van der Waals surface area contributed by atoms with Gasteiger partial charge in [-0.2, -0.15) is 5.10 Å². The summed E-state index contributed by atoms with van der Waals surface area (Å²) in [5, 5.41) is 8.29. The molecule has 2 heterocycles. The summed E-state index contributed by atoms with van der Waals surface area (Å²) in [6, 6.07) is 15.2. The highest BCUT2D eigenvalue weighted by Crippen LogP contribution is 2.20. The Morgan fingerprint density at radius 1 is 0.875 bits per heavy atom. The Labute approximate surface area is 185 Å². The molecule has 0 saturated carbocycles. The molecule has 162 valence electrons. The first-order valence-electron chi connectivity index (χ1n) is 9.10. The van der Waals surface area contributed by atoms with Crippen molar-refractivity contribution in [3.63, 3.8) is 0 Å². The topological polar surface area (TPSA) is 150 Å². The van der Waals surface area contributed by atoms with Crippen LogP contribution in [0.25, 0.3) is 10.8 Å². The van der Waals surface area contributed by atoms with E-state index in [1.807, 2.05) is 0 Å². The van der Waals surface area contributed by atoms with Crippen molar-refractivity contribution in [2.24, 2.45) is 0 Å². The zero-order valence-corrected chi connectivity index (χ0v) is 17.8. The van der Waals surface area contributed by atoms with Gasteiger partial charge < -0.3 is 0 Å². The summed E-state index contributed by atoms with van der Waals surface area (Å²) in [6.45, 7) is 0. The molecule has 2 amide bonds. The van der Waals surface area contributed by atoms with Gasteiger partial charge in [0.05, 0.1) is 5.39 Å². The lowest BCUT2D eigenvalue weighted by atomic mass is 10.1. The van der Waals surface area contributed by atoms with Crippen molar-refractivity contribution in [2.75, 3.05) is 4.72 Å². The molecule has 0 aliphatic rings. The van der Waals surface area contributed by atoms with E-state index in [-0.39, 0.29) is 21.2 Å². The number of nitrogens with one attached hydrogen (secondary N) is 4. The fourth-order valence-corrected chi connectivity index (χ4v) is 4.90. The minimum Gasteiger partial charge on any atom is -0.279 e. The van der Waals surface area contributed by atoms with Gasteiger partial charge in [-0.25, -0.2) is 13.5 Å². The maximum atomic E-state index is 12.4. The predicted octanol–water partition coefficient (Wildman–Crippen LogP) is 1.86. The van der Waals surface area contributed by atoms with Crippen molar-refractivity contribution in [2.45, 2.75) is 4.21 Å². The van der Waals surface area contributed by atoms with Gasteiger partial charge in [-0.05, 0) is 41.8 Å². The summed E-state index contributed by atoms with van der Waals surface area (Å²) in [5.41, 5.74) is 4.48. The van der Waals surface area contributed by atoms with E-state index in [0.29, 0.717) is 10.8 Å². The van der Waals surface area contributed by atoms with Crippen LogP contribution in [0.3, 0.4) is 0 Å². The van der Waals surface area contributed by atoms with Crippen molar-refractivity contribution >= 4 is 49.6 Å². The minimum atomic E-state index is -3.70. The van der Waals surface area contributed by atoms with Gasteiger partial charge in [-0.15, -0.1) is 11.3 Å². The second-order valence-electron chi connectivity index (χ2n) is 6.47. The number of sulfonamides is 1. The summed E-state index contributed by atoms with van der Waals surface area (Å²) in [7, 11) is -3.70. The fourth-order valence-electron chi connectivity index (χ4n) is 2.84. The standard InChI is InChI=1S/C20H15N5O5S2/c26-18(12-7-9-13(10-8-12)25-32(29,30)16-6-3-11-31-16)22-24-20(28)17-14-4-1-2-5-15(14)19(27)23-21-17/h1-11,25H,(H,22,26)(H,23,27)(H,24,28). The van der Waals surface area contributed by atoms with Crippen molar-refractivity contribution in [3.05, 3.63) is 87.7 Å². The average Bonchev–Trinajstić information content (AvgIpc) is 3.34. The van der Waals surface area contributed by atoms with E-state index in [9.17, 15) is 22.8 Å². The molecule has 0 aliphatic carbocycles. The molecule has 12 heteroatoms. The number of rotatable bonds is 5. The maximum Gasteiger partial charge on any atom is 0.290 e. The van der Waals surface area contributed by atoms with Crippen molar-refractivity contribution in [1.29, 1.82) is 0 Å². The first-order chi connectivity index (χ1) is 15.3. The highest BCUT2D eigenvalue weighted by Gasteiger charge is 2.17. The largest absolute Gasteiger partial charge is 0.290 e. The van der Waals surface area contributed by atoms with E-state index in [2.05, 4.69) is 25.8 Å². The molecule has 0 spiro atoms. The number of aromatic amines is 1. The molecular formula is C20H15N5O5S2. The number of carbonyl (C=O) groups excluding carboxylic acids is 2. The van der Waals surface area contributed by atoms with Gasteiger partial charge in [-0.3, -0.25) is 30.0 Å². The number of carbonyl (C=O) groups is 2. The zero-order valence-electron chi connectivity index (χ0n) is 16.2. The molecule has 4 N–H and O–H groups in total. The van der Waals surface area contributed by atoms with E-state index in [0.717, 1.165) is 11.3 Å². The minimum absolute atomic E-state index is 0.0566. The van der Waals surface area contributed by atoms with E-state index in [4.69, 9.17) is 0 Å². The molecule has 0 unspecified atom stereocenters. The first-order valence-corrected chi connectivity index (χ1v) is 11.5. The van der Waals surface area contributed by atoms with Crippen molar-refractivity contribution < 1.29 is 18.0 Å². The molecule has 4 rings (SSSR count). The Kier molecular flexibility index (Phi) is 5.71. The lowest BCUT2D eigenvalue weighted by Crippen LogP contribution is -2.42. The number of fused-ring (bicyclic) bond motifs is 1. The molecule has 32 heavy (non-hydrogen) atoms. The van der Waals surface area contributed by atoms with Crippen LogP contribution < -0.4 is 21.1 Å². The SMILES string of the molecule is O=C(NNC(=O)c1n[nH]c(=O)c2ccccc12)c1ccc(NS(=O)(=O)c2cccs2)cc1. The number of benzene rings is 2. The predicted molar refractivity (Wildman–Crippen MR) is 119 cm³/mol. The average molecular weight is 470 g/mol. The summed E-state index contributed by atoms with van der Waals surface area (Å²) in [4.78, 5) is 36.6. The van der Waals surface area contributed by atoms with Crippen molar-refractivity contribution in [1.82, 2.24) is 21.0 Å². The Balaban J connectivity index is 1.42. The van der Waals surface area contributed by atoms with Gasteiger partial charge in [0.15, 0.2) is 5.69 Å². The third kappa shape index (κ3) is 4.36. The lowest BCUT2D eigenvalue weighted by Gasteiger charge is -2.09. The number of aromatic nitrogens is 2. The van der Waals surface area contributed by atoms with E-state index >= 15 is 0 Å². The van der Waals surface area contributed by atoms with Crippen LogP contribution in [0.2, 0.25) is 0 Å². The fraction of sp³-hybridized carbons (Fsp3) is 0. The summed E-state index contributed by atoms with van der Waals surface area (Å²) < 4.78 is 27.1. The number of amides is 2. The Morgan fingerprint density at radius 3 is 2.25 bits per heavy atom. The number of thiophene rings is 1. The molecule has 2 aromatic heterocycles. The third-order valence-electron chi connectivity index (χ3n) is 4.36. The second kappa shape index (κ2) is 8.61.